The Kier molecular flexibility index (Phi) is 35.0. The standard InChI is InChI=1S/C52H83N3O16P2/c1-3-5-6-7-8-9-10-11-12-13-14-19-22-25-28-31-34-37-48(58)69-44(40-66-47(57)36-33-30-27-24-21-18-16-15-17-20-23-26-29-32-35-43(56)4-2)41-67-72(62,63)71-73(64,65)68-42-45-49(59)50(60)51(70-45)55-39-38-46(53)54-52(55)61/h11-12,14,16-20,24-29,38-39,43-45,49-51,56,59-60H,3-10,13,15,21-23,30-37,40-42H2,1-2H3,(H,62,63)(H,64,65)(H2,53,54,61)/b12-11-,18-16-,19-14-,20-17-,27-24-,28-25-,29-26-/t43-,44+,45+,49+,50+,51+/m0/s1. The lowest BCUT2D eigenvalue weighted by atomic mass is 10.1. The molecular formula is C52H83N3O16P2. The van der Waals surface area contributed by atoms with E-state index in [-0.39, 0.29) is 24.8 Å². The molecule has 21 heteroatoms. The molecule has 0 spiro atoms. The number of hydrogen-bond donors (Lipinski definition) is 6. The van der Waals surface area contributed by atoms with Crippen LogP contribution in [0.5, 0.6) is 0 Å². The molecular weight excluding hydrogens is 985 g/mol. The summed E-state index contributed by atoms with van der Waals surface area (Å²) in [4.78, 5) is 61.9. The number of nitrogens with two attached hydrogens (primary N) is 1. The number of carbonyl (C=O) groups is 2. The van der Waals surface area contributed by atoms with Crippen molar-refractivity contribution in [2.75, 3.05) is 25.6 Å². The highest BCUT2D eigenvalue weighted by molar-refractivity contribution is 7.61. The number of phosphoric ester groups is 2. The Morgan fingerprint density at radius 3 is 1.78 bits per heavy atom. The second kappa shape index (κ2) is 39.3. The zero-order chi connectivity index (χ0) is 53.6. The third-order valence-corrected chi connectivity index (χ3v) is 13.7. The zero-order valence-corrected chi connectivity index (χ0v) is 44.6. The average molecular weight is 1070 g/mol. The molecule has 1 aliphatic heterocycles. The van der Waals surface area contributed by atoms with E-state index >= 15 is 0 Å². The van der Waals surface area contributed by atoms with Crippen LogP contribution in [0, 0.1) is 0 Å². The van der Waals surface area contributed by atoms with Crippen LogP contribution in [-0.2, 0) is 46.3 Å². The molecule has 1 fully saturated rings. The molecule has 0 bridgehead atoms. The number of esters is 2. The zero-order valence-electron chi connectivity index (χ0n) is 42.8. The van der Waals surface area contributed by atoms with E-state index in [1.807, 2.05) is 37.3 Å². The molecule has 1 saturated heterocycles. The fourth-order valence-electron chi connectivity index (χ4n) is 6.95. The van der Waals surface area contributed by atoms with E-state index in [0.717, 1.165) is 68.6 Å². The summed E-state index contributed by atoms with van der Waals surface area (Å²) < 4.78 is 56.6. The maximum atomic E-state index is 12.8. The molecule has 8 atom stereocenters. The molecule has 0 saturated carbocycles. The lowest BCUT2D eigenvalue weighted by molar-refractivity contribution is -0.161. The van der Waals surface area contributed by atoms with Crippen molar-refractivity contribution in [3.8, 4) is 0 Å². The monoisotopic (exact) mass is 1070 g/mol. The van der Waals surface area contributed by atoms with E-state index in [1.165, 1.54) is 44.6 Å². The predicted octanol–water partition coefficient (Wildman–Crippen LogP) is 9.64. The molecule has 7 N–H and O–H groups in total. The highest BCUT2D eigenvalue weighted by Crippen LogP contribution is 2.60. The summed E-state index contributed by atoms with van der Waals surface area (Å²) in [6, 6.07) is 1.24. The summed E-state index contributed by atoms with van der Waals surface area (Å²) in [5.41, 5.74) is 4.57. The van der Waals surface area contributed by atoms with E-state index in [4.69, 9.17) is 29.0 Å². The number of ether oxygens (including phenoxy) is 3. The summed E-state index contributed by atoms with van der Waals surface area (Å²) in [5, 5.41) is 30.5. The summed E-state index contributed by atoms with van der Waals surface area (Å²) >= 11 is 0. The number of phosphoric acid groups is 2. The van der Waals surface area contributed by atoms with Crippen LogP contribution in [-0.4, -0.2) is 96.9 Å². The van der Waals surface area contributed by atoms with Crippen molar-refractivity contribution in [3.05, 3.63) is 108 Å². The van der Waals surface area contributed by atoms with Crippen molar-refractivity contribution in [1.29, 1.82) is 0 Å². The summed E-state index contributed by atoms with van der Waals surface area (Å²) in [7, 11) is -10.9. The summed E-state index contributed by atoms with van der Waals surface area (Å²) in [5.74, 6) is -1.46. The van der Waals surface area contributed by atoms with Gasteiger partial charge in [0, 0.05) is 19.0 Å². The average Bonchev–Trinajstić information content (AvgIpc) is 3.63. The number of hydrogen-bond acceptors (Lipinski definition) is 16. The number of allylic oxidation sites excluding steroid dienone is 14. The van der Waals surface area contributed by atoms with Gasteiger partial charge in [-0.25, -0.2) is 13.9 Å². The molecule has 412 valence electrons. The molecule has 2 unspecified atom stereocenters. The van der Waals surface area contributed by atoms with Crippen LogP contribution in [0.15, 0.2) is 102 Å². The van der Waals surface area contributed by atoms with Gasteiger partial charge in [0.05, 0.1) is 19.3 Å². The molecule has 0 radical (unpaired) electrons. The first kappa shape index (κ1) is 65.0. The smallest absolute Gasteiger partial charge is 0.462 e. The molecule has 2 heterocycles. The van der Waals surface area contributed by atoms with Gasteiger partial charge < -0.3 is 45.1 Å². The van der Waals surface area contributed by atoms with E-state index in [0.29, 0.717) is 25.7 Å². The first-order valence-electron chi connectivity index (χ1n) is 25.7. The Hall–Kier alpha value is -4.10. The van der Waals surface area contributed by atoms with Gasteiger partial charge in [-0.15, -0.1) is 0 Å². The number of unbranched alkanes of at least 4 members (excludes halogenated alkanes) is 8. The molecule has 0 amide bonds. The Labute approximate surface area is 431 Å². The van der Waals surface area contributed by atoms with Gasteiger partial charge in [-0.2, -0.15) is 9.29 Å². The van der Waals surface area contributed by atoms with E-state index in [1.54, 1.807) is 0 Å². The second-order valence-corrected chi connectivity index (χ2v) is 20.5. The molecule has 0 aromatic carbocycles. The van der Waals surface area contributed by atoms with Gasteiger partial charge in [0.1, 0.15) is 30.7 Å². The topological polar surface area (TPSA) is 286 Å². The number of rotatable bonds is 41. The molecule has 1 aromatic heterocycles. The second-order valence-electron chi connectivity index (χ2n) is 17.5. The highest BCUT2D eigenvalue weighted by atomic mass is 31.3. The fraction of sp³-hybridized carbons (Fsp3) is 0.615. The first-order chi connectivity index (χ1) is 35.1. The minimum Gasteiger partial charge on any atom is -0.462 e. The van der Waals surface area contributed by atoms with Gasteiger partial charge in [0.25, 0.3) is 0 Å². The maximum absolute atomic E-state index is 12.8. The third kappa shape index (κ3) is 32.1. The Bertz CT molecular complexity index is 2070. The minimum absolute atomic E-state index is 0.0228. The van der Waals surface area contributed by atoms with Crippen LogP contribution in [0.4, 0.5) is 5.82 Å². The van der Waals surface area contributed by atoms with Gasteiger partial charge >= 0.3 is 33.3 Å². The summed E-state index contributed by atoms with van der Waals surface area (Å²) in [6.45, 7) is 1.75. The molecule has 0 aliphatic carbocycles. The van der Waals surface area contributed by atoms with Crippen molar-refractivity contribution in [2.45, 2.75) is 185 Å². The fourth-order valence-corrected chi connectivity index (χ4v) is 9.06. The number of carbonyl (C=O) groups excluding carboxylic acids is 2. The van der Waals surface area contributed by atoms with Crippen LogP contribution >= 0.6 is 15.6 Å². The number of anilines is 1. The molecule has 2 rings (SSSR count). The maximum Gasteiger partial charge on any atom is 0.481 e. The number of aliphatic hydroxyl groups excluding tert-OH is 3. The third-order valence-electron chi connectivity index (χ3n) is 11.1. The van der Waals surface area contributed by atoms with Crippen molar-refractivity contribution in [1.82, 2.24) is 9.55 Å². The highest BCUT2D eigenvalue weighted by Gasteiger charge is 2.46. The Morgan fingerprint density at radius 1 is 0.712 bits per heavy atom. The first-order valence-corrected chi connectivity index (χ1v) is 28.7. The van der Waals surface area contributed by atoms with Gasteiger partial charge in [-0.1, -0.05) is 131 Å². The predicted molar refractivity (Wildman–Crippen MR) is 281 cm³/mol. The van der Waals surface area contributed by atoms with E-state index in [2.05, 4.69) is 70.9 Å². The minimum atomic E-state index is -5.46. The van der Waals surface area contributed by atoms with E-state index in [9.17, 15) is 48.6 Å². The van der Waals surface area contributed by atoms with Crippen molar-refractivity contribution in [3.63, 3.8) is 0 Å². The quantitative estimate of drug-likeness (QED) is 0.0154. The number of nitrogen functional groups attached to an aromatic ring is 1. The molecule has 1 aliphatic rings. The van der Waals surface area contributed by atoms with Crippen LogP contribution in [0.3, 0.4) is 0 Å². The van der Waals surface area contributed by atoms with Crippen LogP contribution in [0.1, 0.15) is 155 Å². The van der Waals surface area contributed by atoms with E-state index < -0.39 is 83.7 Å². The Morgan fingerprint density at radius 2 is 1.22 bits per heavy atom. The van der Waals surface area contributed by atoms with Crippen molar-refractivity contribution < 1.29 is 71.4 Å². The largest absolute Gasteiger partial charge is 0.481 e. The summed E-state index contributed by atoms with van der Waals surface area (Å²) in [6.07, 6.45) is 39.1. The molecule has 73 heavy (non-hydrogen) atoms. The van der Waals surface area contributed by atoms with Gasteiger partial charge in [0.2, 0.25) is 0 Å². The van der Waals surface area contributed by atoms with Gasteiger partial charge in [-0.3, -0.25) is 23.2 Å². The van der Waals surface area contributed by atoms with Crippen LogP contribution in [0.25, 0.3) is 0 Å². The van der Waals surface area contributed by atoms with Crippen molar-refractivity contribution in [2.24, 2.45) is 0 Å². The van der Waals surface area contributed by atoms with Gasteiger partial charge in [-0.05, 0) is 96.0 Å². The lowest BCUT2D eigenvalue weighted by Crippen LogP contribution is -2.36. The number of nitrogens with zero attached hydrogens (tertiary/aromatic N) is 2. The number of aromatic nitrogens is 2. The molecule has 1 aromatic rings. The van der Waals surface area contributed by atoms with Crippen LogP contribution in [0.2, 0.25) is 0 Å². The SMILES string of the molecule is CCCCCCCC/C=C\C/C=C\C/C=C\CCCC(=O)O[C@H](COC(=O)CCC/C=C\C/C=C\C/C=C\C/C=C\CC[C@@H](O)CC)COP(=O)(O)OP(=O)(O)OC[C@H]1O[C@@H](n2ccc(N)nc2=O)[C@H](O)[C@@H]1O. The van der Waals surface area contributed by atoms with Crippen LogP contribution < -0.4 is 11.4 Å². The Balaban J connectivity index is 1.85. The lowest BCUT2D eigenvalue weighted by Gasteiger charge is -2.21. The van der Waals surface area contributed by atoms with Gasteiger partial charge in [0.15, 0.2) is 12.3 Å². The van der Waals surface area contributed by atoms with Crippen molar-refractivity contribution >= 4 is 33.4 Å². The number of aliphatic hydroxyl groups is 3. The molecule has 19 nitrogen and oxygen atoms in total. The normalized spacial score (nSPS) is 20.1.